The Bertz CT molecular complexity index is 603. The minimum atomic E-state index is -0.877. The summed E-state index contributed by atoms with van der Waals surface area (Å²) in [6.45, 7) is 9.48. The molecule has 3 heteroatoms. The molecule has 1 aromatic heterocycles. The van der Waals surface area contributed by atoms with Crippen LogP contribution in [0.4, 0.5) is 0 Å². The highest BCUT2D eigenvalue weighted by Gasteiger charge is 2.15. The van der Waals surface area contributed by atoms with E-state index < -0.39 is 5.97 Å². The number of carboxylic acids is 1. The number of aromatic carboxylic acids is 1. The van der Waals surface area contributed by atoms with E-state index >= 15 is 0 Å². The Balaban J connectivity index is 2.60. The molecule has 0 aliphatic carbocycles. The summed E-state index contributed by atoms with van der Waals surface area (Å²) in [6.07, 6.45) is 0. The molecule has 0 saturated carbocycles. The van der Waals surface area contributed by atoms with Crippen LogP contribution in [0.15, 0.2) is 24.3 Å². The SMILES string of the molecule is Cc1cc2ccc(C(=O)O)cc2n1CC(C)(C)C. The van der Waals surface area contributed by atoms with Gasteiger partial charge in [-0.25, -0.2) is 4.79 Å². The van der Waals surface area contributed by atoms with E-state index in [-0.39, 0.29) is 5.41 Å². The summed E-state index contributed by atoms with van der Waals surface area (Å²) in [4.78, 5) is 11.0. The maximum absolute atomic E-state index is 11.0. The Kier molecular flexibility index (Phi) is 2.93. The highest BCUT2D eigenvalue weighted by Crippen LogP contribution is 2.25. The van der Waals surface area contributed by atoms with Crippen molar-refractivity contribution in [1.82, 2.24) is 4.57 Å². The zero-order valence-electron chi connectivity index (χ0n) is 11.3. The first-order valence-electron chi connectivity index (χ1n) is 6.11. The summed E-state index contributed by atoms with van der Waals surface area (Å²) in [5.74, 6) is -0.877. The monoisotopic (exact) mass is 245 g/mol. The minimum absolute atomic E-state index is 0.163. The molecule has 0 radical (unpaired) electrons. The molecule has 1 N–H and O–H groups in total. The Hall–Kier alpha value is -1.77. The van der Waals surface area contributed by atoms with Gasteiger partial charge >= 0.3 is 5.97 Å². The van der Waals surface area contributed by atoms with Crippen LogP contribution in [-0.4, -0.2) is 15.6 Å². The van der Waals surface area contributed by atoms with E-state index in [9.17, 15) is 4.79 Å². The van der Waals surface area contributed by atoms with Gasteiger partial charge in [0.05, 0.1) is 5.56 Å². The predicted octanol–water partition coefficient (Wildman–Crippen LogP) is 3.69. The van der Waals surface area contributed by atoms with Gasteiger partial charge in [0, 0.05) is 17.8 Å². The van der Waals surface area contributed by atoms with E-state index in [1.807, 2.05) is 6.07 Å². The van der Waals surface area contributed by atoms with Crippen LogP contribution in [0.1, 0.15) is 36.8 Å². The third-order valence-corrected chi connectivity index (χ3v) is 2.99. The third-order valence-electron chi connectivity index (χ3n) is 2.99. The van der Waals surface area contributed by atoms with Crippen LogP contribution in [0.3, 0.4) is 0 Å². The Morgan fingerprint density at radius 1 is 1.28 bits per heavy atom. The second-order valence-corrected chi connectivity index (χ2v) is 6.01. The first-order chi connectivity index (χ1) is 8.28. The molecule has 0 atom stereocenters. The molecule has 0 aliphatic rings. The number of hydrogen-bond acceptors (Lipinski definition) is 1. The summed E-state index contributed by atoms with van der Waals surface area (Å²) in [6, 6.07) is 7.40. The molecule has 1 heterocycles. The molecule has 0 amide bonds. The Morgan fingerprint density at radius 3 is 2.50 bits per heavy atom. The van der Waals surface area contributed by atoms with E-state index in [0.29, 0.717) is 5.56 Å². The lowest BCUT2D eigenvalue weighted by molar-refractivity contribution is 0.0697. The van der Waals surface area contributed by atoms with E-state index in [0.717, 1.165) is 17.4 Å². The van der Waals surface area contributed by atoms with Crippen LogP contribution < -0.4 is 0 Å². The highest BCUT2D eigenvalue weighted by molar-refractivity contribution is 5.93. The van der Waals surface area contributed by atoms with Crippen molar-refractivity contribution < 1.29 is 9.90 Å². The first-order valence-corrected chi connectivity index (χ1v) is 6.11. The standard InChI is InChI=1S/C15H19NO2/c1-10-7-11-5-6-12(14(17)18)8-13(11)16(10)9-15(2,3)4/h5-8H,9H2,1-4H3,(H,17,18). The van der Waals surface area contributed by atoms with Crippen LogP contribution in [0.25, 0.3) is 10.9 Å². The van der Waals surface area contributed by atoms with E-state index in [1.165, 1.54) is 5.69 Å². The molecular formula is C15H19NO2. The molecule has 2 rings (SSSR count). The van der Waals surface area contributed by atoms with Gasteiger partial charge < -0.3 is 9.67 Å². The summed E-state index contributed by atoms with van der Waals surface area (Å²) >= 11 is 0. The normalized spacial score (nSPS) is 12.0. The Morgan fingerprint density at radius 2 is 1.94 bits per heavy atom. The number of fused-ring (bicyclic) bond motifs is 1. The zero-order chi connectivity index (χ0) is 13.5. The van der Waals surface area contributed by atoms with Crippen molar-refractivity contribution in [1.29, 1.82) is 0 Å². The van der Waals surface area contributed by atoms with Gasteiger partial charge in [-0.3, -0.25) is 0 Å². The quantitative estimate of drug-likeness (QED) is 0.876. The van der Waals surface area contributed by atoms with Crippen molar-refractivity contribution in [3.8, 4) is 0 Å². The molecule has 0 fully saturated rings. The summed E-state index contributed by atoms with van der Waals surface area (Å²) < 4.78 is 2.20. The number of hydrogen-bond donors (Lipinski definition) is 1. The van der Waals surface area contributed by atoms with E-state index in [1.54, 1.807) is 12.1 Å². The van der Waals surface area contributed by atoms with Gasteiger partial charge in [0.25, 0.3) is 0 Å². The van der Waals surface area contributed by atoms with Gasteiger partial charge in [-0.15, -0.1) is 0 Å². The van der Waals surface area contributed by atoms with Crippen LogP contribution in [0.5, 0.6) is 0 Å². The molecule has 0 unspecified atom stereocenters. The van der Waals surface area contributed by atoms with Crippen molar-refractivity contribution in [2.45, 2.75) is 34.2 Å². The molecule has 0 aliphatic heterocycles. The Labute approximate surface area is 107 Å². The summed E-state index contributed by atoms with van der Waals surface area (Å²) in [7, 11) is 0. The molecule has 96 valence electrons. The summed E-state index contributed by atoms with van der Waals surface area (Å²) in [5.41, 5.74) is 2.68. The largest absolute Gasteiger partial charge is 0.478 e. The number of carboxylic acid groups (broad SMARTS) is 1. The molecular weight excluding hydrogens is 226 g/mol. The van der Waals surface area contributed by atoms with E-state index in [4.69, 9.17) is 5.11 Å². The van der Waals surface area contributed by atoms with Gasteiger partial charge in [0.15, 0.2) is 0 Å². The zero-order valence-corrected chi connectivity index (χ0v) is 11.3. The predicted molar refractivity (Wildman–Crippen MR) is 73.1 cm³/mol. The average Bonchev–Trinajstić information content (AvgIpc) is 2.53. The van der Waals surface area contributed by atoms with Crippen molar-refractivity contribution in [2.24, 2.45) is 5.41 Å². The number of benzene rings is 1. The fourth-order valence-electron chi connectivity index (χ4n) is 2.21. The molecule has 0 saturated heterocycles. The van der Waals surface area contributed by atoms with Gasteiger partial charge in [0.1, 0.15) is 0 Å². The van der Waals surface area contributed by atoms with Crippen molar-refractivity contribution in [2.75, 3.05) is 0 Å². The topological polar surface area (TPSA) is 42.2 Å². The minimum Gasteiger partial charge on any atom is -0.478 e. The molecule has 1 aromatic carbocycles. The second-order valence-electron chi connectivity index (χ2n) is 6.01. The van der Waals surface area contributed by atoms with E-state index in [2.05, 4.69) is 38.3 Å². The van der Waals surface area contributed by atoms with Gasteiger partial charge in [0.2, 0.25) is 0 Å². The molecule has 18 heavy (non-hydrogen) atoms. The molecule has 0 bridgehead atoms. The van der Waals surface area contributed by atoms with Crippen molar-refractivity contribution in [3.05, 3.63) is 35.5 Å². The third kappa shape index (κ3) is 2.40. The number of aryl methyl sites for hydroxylation is 1. The van der Waals surface area contributed by atoms with Crippen molar-refractivity contribution >= 4 is 16.9 Å². The maximum atomic E-state index is 11.0. The number of rotatable bonds is 2. The fourth-order valence-corrected chi connectivity index (χ4v) is 2.21. The lowest BCUT2D eigenvalue weighted by Gasteiger charge is -2.21. The lowest BCUT2D eigenvalue weighted by atomic mass is 9.96. The number of aromatic nitrogens is 1. The van der Waals surface area contributed by atoms with Gasteiger partial charge in [-0.1, -0.05) is 26.8 Å². The molecule has 2 aromatic rings. The smallest absolute Gasteiger partial charge is 0.335 e. The maximum Gasteiger partial charge on any atom is 0.335 e. The van der Waals surface area contributed by atoms with Gasteiger partial charge in [-0.2, -0.15) is 0 Å². The average molecular weight is 245 g/mol. The number of nitrogens with zero attached hydrogens (tertiary/aromatic N) is 1. The second kappa shape index (κ2) is 4.16. The molecule has 3 nitrogen and oxygen atoms in total. The highest BCUT2D eigenvalue weighted by atomic mass is 16.4. The van der Waals surface area contributed by atoms with Crippen molar-refractivity contribution in [3.63, 3.8) is 0 Å². The first kappa shape index (κ1) is 12.7. The summed E-state index contributed by atoms with van der Waals surface area (Å²) in [5, 5.41) is 10.2. The van der Waals surface area contributed by atoms with Crippen LogP contribution >= 0.6 is 0 Å². The van der Waals surface area contributed by atoms with Gasteiger partial charge in [-0.05, 0) is 35.9 Å². The fraction of sp³-hybridized carbons (Fsp3) is 0.400. The van der Waals surface area contributed by atoms with Crippen LogP contribution in [0.2, 0.25) is 0 Å². The lowest BCUT2D eigenvalue weighted by Crippen LogP contribution is -2.16. The van der Waals surface area contributed by atoms with Crippen LogP contribution in [0, 0.1) is 12.3 Å². The van der Waals surface area contributed by atoms with Crippen LogP contribution in [-0.2, 0) is 6.54 Å². The molecule has 0 spiro atoms. The number of carbonyl (C=O) groups is 1.